The molecule has 0 saturated carbocycles. The van der Waals surface area contributed by atoms with Crippen molar-refractivity contribution in [1.82, 2.24) is 20.4 Å². The lowest BCUT2D eigenvalue weighted by atomic mass is 10.1. The van der Waals surface area contributed by atoms with Gasteiger partial charge in [0, 0.05) is 26.2 Å². The van der Waals surface area contributed by atoms with Crippen LogP contribution in [0.3, 0.4) is 0 Å². The molecule has 2 saturated heterocycles. The van der Waals surface area contributed by atoms with E-state index in [2.05, 4.69) is 15.5 Å². The standard InChI is InChI=1S/C15H20N4O3/c1-22-12-4-2-11(3-5-12)13-14(20)19(15(21)17-13)10-18-8-6-16-7-9-18/h2-5,13,16H,6-10H2,1H3,(H,17,21). The highest BCUT2D eigenvalue weighted by Gasteiger charge is 2.39. The number of hydrogen-bond acceptors (Lipinski definition) is 5. The number of amides is 3. The van der Waals surface area contributed by atoms with Gasteiger partial charge in [-0.1, -0.05) is 12.1 Å². The minimum absolute atomic E-state index is 0.200. The van der Waals surface area contributed by atoms with E-state index in [4.69, 9.17) is 4.74 Å². The van der Waals surface area contributed by atoms with E-state index in [1.807, 2.05) is 0 Å². The largest absolute Gasteiger partial charge is 0.497 e. The Balaban J connectivity index is 1.69. The molecule has 0 aliphatic carbocycles. The molecule has 2 fully saturated rings. The number of piperazine rings is 1. The van der Waals surface area contributed by atoms with Gasteiger partial charge in [0.05, 0.1) is 13.8 Å². The van der Waals surface area contributed by atoms with Crippen molar-refractivity contribution < 1.29 is 14.3 Å². The molecule has 1 atom stereocenters. The third-order valence-electron chi connectivity index (χ3n) is 4.03. The molecule has 2 aliphatic rings. The van der Waals surface area contributed by atoms with Crippen LogP contribution in [0.2, 0.25) is 0 Å². The third kappa shape index (κ3) is 2.90. The SMILES string of the molecule is COc1ccc(C2NC(=O)N(CN3CCNCC3)C2=O)cc1. The highest BCUT2D eigenvalue weighted by molar-refractivity contribution is 6.04. The van der Waals surface area contributed by atoms with Crippen molar-refractivity contribution >= 4 is 11.9 Å². The number of carbonyl (C=O) groups excluding carboxylic acids is 2. The molecule has 2 N–H and O–H groups in total. The molecule has 2 heterocycles. The normalized spacial score (nSPS) is 22.8. The number of benzene rings is 1. The van der Waals surface area contributed by atoms with E-state index < -0.39 is 6.04 Å². The van der Waals surface area contributed by atoms with Crippen LogP contribution in [0.1, 0.15) is 11.6 Å². The first-order valence-corrected chi connectivity index (χ1v) is 7.38. The van der Waals surface area contributed by atoms with Crippen LogP contribution in [0.5, 0.6) is 5.75 Å². The Morgan fingerprint density at radius 3 is 2.50 bits per heavy atom. The molecular formula is C15H20N4O3. The van der Waals surface area contributed by atoms with Crippen molar-refractivity contribution in [2.45, 2.75) is 6.04 Å². The van der Waals surface area contributed by atoms with Crippen LogP contribution in [0.4, 0.5) is 4.79 Å². The Bertz CT molecular complexity index is 554. The molecule has 2 aliphatic heterocycles. The minimum atomic E-state index is -0.610. The summed E-state index contributed by atoms with van der Waals surface area (Å²) in [4.78, 5) is 28.0. The number of methoxy groups -OCH3 is 1. The number of rotatable bonds is 4. The topological polar surface area (TPSA) is 73.9 Å². The van der Waals surface area contributed by atoms with Crippen LogP contribution in [0, 0.1) is 0 Å². The molecule has 118 valence electrons. The van der Waals surface area contributed by atoms with Crippen LogP contribution in [0.15, 0.2) is 24.3 Å². The van der Waals surface area contributed by atoms with Crippen molar-refractivity contribution in [2.24, 2.45) is 0 Å². The molecule has 0 radical (unpaired) electrons. The summed E-state index contributed by atoms with van der Waals surface area (Å²) in [6.07, 6.45) is 0. The van der Waals surface area contributed by atoms with E-state index in [-0.39, 0.29) is 11.9 Å². The van der Waals surface area contributed by atoms with Crippen LogP contribution in [0.25, 0.3) is 0 Å². The minimum Gasteiger partial charge on any atom is -0.497 e. The number of nitrogens with one attached hydrogen (secondary N) is 2. The second kappa shape index (κ2) is 6.33. The second-order valence-corrected chi connectivity index (χ2v) is 5.43. The molecule has 0 aromatic heterocycles. The number of hydrogen-bond donors (Lipinski definition) is 2. The summed E-state index contributed by atoms with van der Waals surface area (Å²) in [6.45, 7) is 3.78. The van der Waals surface area contributed by atoms with Crippen molar-refractivity contribution in [2.75, 3.05) is 40.0 Å². The summed E-state index contributed by atoms with van der Waals surface area (Å²) in [6, 6.07) is 6.23. The van der Waals surface area contributed by atoms with Gasteiger partial charge < -0.3 is 15.4 Å². The lowest BCUT2D eigenvalue weighted by Crippen LogP contribution is -2.49. The first-order chi connectivity index (χ1) is 10.7. The van der Waals surface area contributed by atoms with Gasteiger partial charge >= 0.3 is 6.03 Å². The van der Waals surface area contributed by atoms with Gasteiger partial charge in [0.15, 0.2) is 0 Å². The predicted molar refractivity (Wildman–Crippen MR) is 80.4 cm³/mol. The summed E-state index contributed by atoms with van der Waals surface area (Å²) in [5.41, 5.74) is 0.766. The van der Waals surface area contributed by atoms with Gasteiger partial charge in [0.2, 0.25) is 0 Å². The maximum Gasteiger partial charge on any atom is 0.326 e. The molecule has 22 heavy (non-hydrogen) atoms. The number of ether oxygens (including phenoxy) is 1. The Kier molecular flexibility index (Phi) is 4.26. The lowest BCUT2D eigenvalue weighted by Gasteiger charge is -2.29. The molecule has 1 aromatic carbocycles. The Labute approximate surface area is 129 Å². The fourth-order valence-corrected chi connectivity index (χ4v) is 2.73. The van der Waals surface area contributed by atoms with E-state index in [1.54, 1.807) is 31.4 Å². The van der Waals surface area contributed by atoms with E-state index in [0.717, 1.165) is 37.5 Å². The molecule has 7 nitrogen and oxygen atoms in total. The quantitative estimate of drug-likeness (QED) is 0.775. The maximum absolute atomic E-state index is 12.5. The van der Waals surface area contributed by atoms with Crippen LogP contribution < -0.4 is 15.4 Å². The highest BCUT2D eigenvalue weighted by Crippen LogP contribution is 2.24. The van der Waals surface area contributed by atoms with E-state index in [0.29, 0.717) is 6.67 Å². The molecular weight excluding hydrogens is 284 g/mol. The van der Waals surface area contributed by atoms with Crippen LogP contribution in [-0.4, -0.2) is 61.7 Å². The molecule has 0 spiro atoms. The molecule has 3 amide bonds. The molecule has 1 aromatic rings. The first kappa shape index (κ1) is 14.8. The lowest BCUT2D eigenvalue weighted by molar-refractivity contribution is -0.129. The highest BCUT2D eigenvalue weighted by atomic mass is 16.5. The molecule has 1 unspecified atom stereocenters. The zero-order valence-electron chi connectivity index (χ0n) is 12.5. The first-order valence-electron chi connectivity index (χ1n) is 7.38. The Morgan fingerprint density at radius 1 is 1.18 bits per heavy atom. The number of urea groups is 1. The van der Waals surface area contributed by atoms with Gasteiger partial charge in [-0.3, -0.25) is 9.69 Å². The predicted octanol–water partition coefficient (Wildman–Crippen LogP) is 0.151. The zero-order chi connectivity index (χ0) is 15.5. The van der Waals surface area contributed by atoms with Crippen LogP contribution in [-0.2, 0) is 4.79 Å². The van der Waals surface area contributed by atoms with Gasteiger partial charge in [0.25, 0.3) is 5.91 Å². The fraction of sp³-hybridized carbons (Fsp3) is 0.467. The summed E-state index contributed by atoms with van der Waals surface area (Å²) in [5.74, 6) is 0.520. The Hall–Kier alpha value is -2.12. The Morgan fingerprint density at radius 2 is 1.86 bits per heavy atom. The van der Waals surface area contributed by atoms with Crippen molar-refractivity contribution in [1.29, 1.82) is 0 Å². The number of carbonyl (C=O) groups is 2. The smallest absolute Gasteiger partial charge is 0.326 e. The molecule has 0 bridgehead atoms. The molecule has 3 rings (SSSR count). The van der Waals surface area contributed by atoms with Crippen LogP contribution >= 0.6 is 0 Å². The summed E-state index contributed by atoms with van der Waals surface area (Å²) in [5, 5.41) is 6.00. The van der Waals surface area contributed by atoms with Gasteiger partial charge in [0.1, 0.15) is 11.8 Å². The monoisotopic (exact) mass is 304 g/mol. The second-order valence-electron chi connectivity index (χ2n) is 5.43. The van der Waals surface area contributed by atoms with Gasteiger partial charge in [-0.25, -0.2) is 9.69 Å². The number of nitrogens with zero attached hydrogens (tertiary/aromatic N) is 2. The third-order valence-corrected chi connectivity index (χ3v) is 4.03. The van der Waals surface area contributed by atoms with Crippen molar-refractivity contribution in [3.8, 4) is 5.75 Å². The molecule has 7 heteroatoms. The van der Waals surface area contributed by atoms with E-state index in [1.165, 1.54) is 4.90 Å². The van der Waals surface area contributed by atoms with Gasteiger partial charge in [-0.05, 0) is 17.7 Å². The van der Waals surface area contributed by atoms with Gasteiger partial charge in [-0.2, -0.15) is 0 Å². The van der Waals surface area contributed by atoms with Crippen molar-refractivity contribution in [3.05, 3.63) is 29.8 Å². The average molecular weight is 304 g/mol. The average Bonchev–Trinajstić information content (AvgIpc) is 2.84. The summed E-state index contributed by atoms with van der Waals surface area (Å²) in [7, 11) is 1.59. The summed E-state index contributed by atoms with van der Waals surface area (Å²) < 4.78 is 5.11. The van der Waals surface area contributed by atoms with Crippen molar-refractivity contribution in [3.63, 3.8) is 0 Å². The zero-order valence-corrected chi connectivity index (χ0v) is 12.5. The van der Waals surface area contributed by atoms with Gasteiger partial charge in [-0.15, -0.1) is 0 Å². The fourth-order valence-electron chi connectivity index (χ4n) is 2.73. The van der Waals surface area contributed by atoms with E-state index >= 15 is 0 Å². The van der Waals surface area contributed by atoms with E-state index in [9.17, 15) is 9.59 Å². The summed E-state index contributed by atoms with van der Waals surface area (Å²) >= 11 is 0. The number of imide groups is 1. The maximum atomic E-state index is 12.5.